The van der Waals surface area contributed by atoms with Gasteiger partial charge >= 0.3 is 5.97 Å². The number of anilines is 1. The number of amides is 2. The van der Waals surface area contributed by atoms with E-state index in [4.69, 9.17) is 9.84 Å². The van der Waals surface area contributed by atoms with Crippen molar-refractivity contribution in [3.63, 3.8) is 0 Å². The number of hydrogen-bond acceptors (Lipinski definition) is 5. The highest BCUT2D eigenvalue weighted by atomic mass is 32.2. The molecule has 1 saturated heterocycles. The molecule has 2 aliphatic heterocycles. The molecule has 1 aromatic rings. The summed E-state index contributed by atoms with van der Waals surface area (Å²) in [6.45, 7) is 0.962. The Balaban J connectivity index is 1.82. The van der Waals surface area contributed by atoms with E-state index < -0.39 is 12.0 Å². The van der Waals surface area contributed by atoms with Gasteiger partial charge in [0.1, 0.15) is 0 Å². The zero-order valence-corrected chi connectivity index (χ0v) is 13.1. The lowest BCUT2D eigenvalue weighted by Gasteiger charge is -2.35. The predicted molar refractivity (Wildman–Crippen MR) is 83.7 cm³/mol. The van der Waals surface area contributed by atoms with E-state index in [0.717, 1.165) is 4.90 Å². The first-order chi connectivity index (χ1) is 11.0. The first-order valence-corrected chi connectivity index (χ1v) is 8.20. The second-order valence-electron chi connectivity index (χ2n) is 5.37. The van der Waals surface area contributed by atoms with Crippen LogP contribution in [0.5, 0.6) is 0 Å². The number of benzene rings is 1. The highest BCUT2D eigenvalue weighted by Crippen LogP contribution is 2.32. The molecule has 2 heterocycles. The fourth-order valence-corrected chi connectivity index (χ4v) is 3.46. The minimum atomic E-state index is -0.965. The molecule has 3 rings (SSSR count). The van der Waals surface area contributed by atoms with Gasteiger partial charge in [-0.1, -0.05) is 0 Å². The van der Waals surface area contributed by atoms with Gasteiger partial charge in [-0.05, 0) is 18.2 Å². The monoisotopic (exact) mass is 336 g/mol. The molecule has 0 saturated carbocycles. The minimum absolute atomic E-state index is 0.0952. The molecule has 1 atom stereocenters. The summed E-state index contributed by atoms with van der Waals surface area (Å²) in [5, 5.41) is 11.7. The van der Waals surface area contributed by atoms with E-state index in [9.17, 15) is 14.4 Å². The molecule has 23 heavy (non-hydrogen) atoms. The van der Waals surface area contributed by atoms with Gasteiger partial charge in [0.15, 0.2) is 0 Å². The Morgan fingerprint density at radius 1 is 1.43 bits per heavy atom. The van der Waals surface area contributed by atoms with Crippen LogP contribution in [-0.2, 0) is 14.3 Å². The molecule has 8 heteroatoms. The number of ether oxygens (including phenoxy) is 1. The van der Waals surface area contributed by atoms with Gasteiger partial charge in [-0.3, -0.25) is 14.4 Å². The Morgan fingerprint density at radius 3 is 3.04 bits per heavy atom. The number of carbonyl (C=O) groups excluding carboxylic acids is 2. The number of nitrogens with zero attached hydrogens (tertiary/aromatic N) is 1. The zero-order valence-electron chi connectivity index (χ0n) is 12.3. The van der Waals surface area contributed by atoms with Crippen molar-refractivity contribution >= 4 is 35.2 Å². The first-order valence-electron chi connectivity index (χ1n) is 7.22. The summed E-state index contributed by atoms with van der Waals surface area (Å²) >= 11 is 1.43. The lowest BCUT2D eigenvalue weighted by molar-refractivity contribution is -0.139. The van der Waals surface area contributed by atoms with Gasteiger partial charge in [0.2, 0.25) is 5.91 Å². The van der Waals surface area contributed by atoms with Crippen molar-refractivity contribution in [3.05, 3.63) is 23.8 Å². The largest absolute Gasteiger partial charge is 0.481 e. The number of morpholine rings is 1. The molecule has 0 spiro atoms. The summed E-state index contributed by atoms with van der Waals surface area (Å²) in [6, 6.07) is 4.68. The smallest absolute Gasteiger partial charge is 0.305 e. The van der Waals surface area contributed by atoms with Crippen LogP contribution in [0, 0.1) is 0 Å². The highest BCUT2D eigenvalue weighted by Gasteiger charge is 2.30. The number of thioether (sulfide) groups is 1. The molecule has 1 aromatic carbocycles. The molecular weight excluding hydrogens is 320 g/mol. The van der Waals surface area contributed by atoms with E-state index in [2.05, 4.69) is 5.32 Å². The number of rotatable bonds is 3. The van der Waals surface area contributed by atoms with Crippen LogP contribution in [0.15, 0.2) is 23.1 Å². The maximum atomic E-state index is 12.7. The SMILES string of the molecule is O=C(O)CC1COCCN1C(=O)c1ccc2c(c1)NC(=O)CS2. The number of carboxylic acid groups (broad SMARTS) is 1. The topological polar surface area (TPSA) is 95.9 Å². The van der Waals surface area contributed by atoms with Crippen LogP contribution >= 0.6 is 11.8 Å². The number of carbonyl (C=O) groups is 3. The van der Waals surface area contributed by atoms with Gasteiger partial charge in [-0.25, -0.2) is 0 Å². The molecule has 2 N–H and O–H groups in total. The normalized spacial score (nSPS) is 20.6. The highest BCUT2D eigenvalue weighted by molar-refractivity contribution is 8.00. The lowest BCUT2D eigenvalue weighted by Crippen LogP contribution is -2.49. The van der Waals surface area contributed by atoms with Gasteiger partial charge < -0.3 is 20.1 Å². The maximum Gasteiger partial charge on any atom is 0.305 e. The van der Waals surface area contributed by atoms with E-state index in [1.807, 2.05) is 0 Å². The summed E-state index contributed by atoms with van der Waals surface area (Å²) in [5.41, 5.74) is 1.06. The van der Waals surface area contributed by atoms with Crippen LogP contribution in [0.1, 0.15) is 16.8 Å². The average molecular weight is 336 g/mol. The van der Waals surface area contributed by atoms with E-state index in [1.54, 1.807) is 18.2 Å². The zero-order chi connectivity index (χ0) is 16.4. The molecule has 1 unspecified atom stereocenters. The third-order valence-electron chi connectivity index (χ3n) is 3.76. The van der Waals surface area contributed by atoms with Gasteiger partial charge in [0.05, 0.1) is 37.1 Å². The van der Waals surface area contributed by atoms with Crippen LogP contribution in [0.25, 0.3) is 0 Å². The quantitative estimate of drug-likeness (QED) is 0.856. The van der Waals surface area contributed by atoms with Crippen LogP contribution < -0.4 is 5.32 Å². The third kappa shape index (κ3) is 3.48. The Labute approximate surface area is 137 Å². The summed E-state index contributed by atoms with van der Waals surface area (Å²) < 4.78 is 5.29. The molecule has 0 aromatic heterocycles. The molecule has 0 bridgehead atoms. The van der Waals surface area contributed by atoms with Crippen LogP contribution in [0.3, 0.4) is 0 Å². The number of aliphatic carboxylic acids is 1. The Kier molecular flexibility index (Phi) is 4.53. The second kappa shape index (κ2) is 6.59. The predicted octanol–water partition coefficient (Wildman–Crippen LogP) is 1.05. The van der Waals surface area contributed by atoms with Crippen molar-refractivity contribution in [2.45, 2.75) is 17.4 Å². The van der Waals surface area contributed by atoms with Gasteiger partial charge in [-0.15, -0.1) is 11.8 Å². The molecule has 1 fully saturated rings. The summed E-state index contributed by atoms with van der Waals surface area (Å²) in [6.07, 6.45) is -0.150. The fraction of sp³-hybridized carbons (Fsp3) is 0.400. The first kappa shape index (κ1) is 15.8. The summed E-state index contributed by atoms with van der Waals surface area (Å²) in [4.78, 5) is 37.6. The van der Waals surface area contributed by atoms with Gasteiger partial charge in [0, 0.05) is 17.0 Å². The number of fused-ring (bicyclic) bond motifs is 1. The molecular formula is C15H16N2O5S. The summed E-state index contributed by atoms with van der Waals surface area (Å²) in [7, 11) is 0. The number of hydrogen-bond donors (Lipinski definition) is 2. The lowest BCUT2D eigenvalue weighted by atomic mass is 10.1. The van der Waals surface area contributed by atoms with Crippen LogP contribution in [0.4, 0.5) is 5.69 Å². The maximum absolute atomic E-state index is 12.7. The van der Waals surface area contributed by atoms with E-state index in [-0.39, 0.29) is 24.8 Å². The van der Waals surface area contributed by atoms with Crippen molar-refractivity contribution in [2.24, 2.45) is 0 Å². The average Bonchev–Trinajstić information content (AvgIpc) is 2.53. The second-order valence-corrected chi connectivity index (χ2v) is 6.39. The van der Waals surface area contributed by atoms with E-state index >= 15 is 0 Å². The third-order valence-corrected chi connectivity index (χ3v) is 4.83. The summed E-state index contributed by atoms with van der Waals surface area (Å²) in [5.74, 6) is -0.938. The number of carboxylic acids is 1. The van der Waals surface area contributed by atoms with E-state index in [1.165, 1.54) is 16.7 Å². The van der Waals surface area contributed by atoms with Crippen molar-refractivity contribution in [1.29, 1.82) is 0 Å². The van der Waals surface area contributed by atoms with Crippen LogP contribution in [-0.4, -0.2) is 59.3 Å². The molecule has 2 amide bonds. The molecule has 122 valence electrons. The van der Waals surface area contributed by atoms with Crippen molar-refractivity contribution in [3.8, 4) is 0 Å². The molecule has 7 nitrogen and oxygen atoms in total. The molecule has 0 radical (unpaired) electrons. The van der Waals surface area contributed by atoms with E-state index in [0.29, 0.717) is 30.2 Å². The molecule has 0 aliphatic carbocycles. The number of nitrogens with one attached hydrogen (secondary N) is 1. The Morgan fingerprint density at radius 2 is 2.26 bits per heavy atom. The fourth-order valence-electron chi connectivity index (χ4n) is 2.67. The van der Waals surface area contributed by atoms with Crippen LogP contribution in [0.2, 0.25) is 0 Å². The standard InChI is InChI=1S/C15H16N2O5S/c18-13-8-23-12-2-1-9(5-11(12)16-13)15(21)17-3-4-22-7-10(17)6-14(19)20/h1-2,5,10H,3-4,6-8H2,(H,16,18)(H,19,20). The van der Waals surface area contributed by atoms with Gasteiger partial charge in [0.25, 0.3) is 5.91 Å². The van der Waals surface area contributed by atoms with Crippen molar-refractivity contribution in [1.82, 2.24) is 4.90 Å². The van der Waals surface area contributed by atoms with Crippen molar-refractivity contribution in [2.75, 3.05) is 30.8 Å². The molecule has 2 aliphatic rings. The van der Waals surface area contributed by atoms with Gasteiger partial charge in [-0.2, -0.15) is 0 Å². The Hall–Kier alpha value is -2.06. The van der Waals surface area contributed by atoms with Crippen molar-refractivity contribution < 1.29 is 24.2 Å². The Bertz CT molecular complexity index is 663. The minimum Gasteiger partial charge on any atom is -0.481 e.